The first-order valence-corrected chi connectivity index (χ1v) is 12.1. The van der Waals surface area contributed by atoms with E-state index in [0.717, 1.165) is 0 Å². The molecule has 1 N–H and O–H groups in total. The van der Waals surface area contributed by atoms with E-state index in [-0.39, 0.29) is 17.4 Å². The number of benzene rings is 3. The second kappa shape index (κ2) is 10.6. The van der Waals surface area contributed by atoms with Gasteiger partial charge in [-0.05, 0) is 80.4 Å². The van der Waals surface area contributed by atoms with Gasteiger partial charge >= 0.3 is 0 Å². The van der Waals surface area contributed by atoms with Gasteiger partial charge in [0.25, 0.3) is 11.7 Å². The Hall–Kier alpha value is -3.97. The molecule has 1 aliphatic heterocycles. The minimum atomic E-state index is -0.941. The third kappa shape index (κ3) is 4.87. The van der Waals surface area contributed by atoms with E-state index in [2.05, 4.69) is 0 Å². The molecule has 1 saturated heterocycles. The number of carbonyl (C=O) groups excluding carboxylic acids is 2. The minimum absolute atomic E-state index is 0.0178. The molecule has 1 fully saturated rings. The molecule has 0 radical (unpaired) electrons. The maximum atomic E-state index is 13.5. The van der Waals surface area contributed by atoms with E-state index in [4.69, 9.17) is 25.8 Å². The van der Waals surface area contributed by atoms with Crippen molar-refractivity contribution in [2.75, 3.05) is 19.1 Å². The highest BCUT2D eigenvalue weighted by Gasteiger charge is 2.47. The second-order valence-corrected chi connectivity index (χ2v) is 9.27. The Morgan fingerprint density at radius 2 is 1.65 bits per heavy atom. The fourth-order valence-corrected chi connectivity index (χ4v) is 4.56. The smallest absolute Gasteiger partial charge is 0.300 e. The number of rotatable bonds is 7. The molecule has 192 valence electrons. The number of halogens is 1. The standard InChI is InChI=1S/C29H28ClNO6/c1-16(2)37-20-12-9-18(10-13-20)27(32)25-26(19-11-14-23(35-4)24(15-19)36-5)31(29(34)28(25)33)22-8-6-7-21(30)17(22)3/h6-16,26,32H,1-5H3/b27-25+. The summed E-state index contributed by atoms with van der Waals surface area (Å²) in [6.45, 7) is 5.60. The van der Waals surface area contributed by atoms with Crippen LogP contribution in [0.1, 0.15) is 36.6 Å². The van der Waals surface area contributed by atoms with Crippen molar-refractivity contribution in [2.45, 2.75) is 32.9 Å². The summed E-state index contributed by atoms with van der Waals surface area (Å²) in [7, 11) is 3.02. The average molecular weight is 522 g/mol. The van der Waals surface area contributed by atoms with Gasteiger partial charge in [-0.1, -0.05) is 23.7 Å². The Kier molecular flexibility index (Phi) is 7.45. The number of methoxy groups -OCH3 is 2. The lowest BCUT2D eigenvalue weighted by Crippen LogP contribution is -2.30. The molecule has 1 atom stereocenters. The maximum Gasteiger partial charge on any atom is 0.300 e. The number of ether oxygens (including phenoxy) is 3. The van der Waals surface area contributed by atoms with Crippen molar-refractivity contribution in [3.05, 3.63) is 87.9 Å². The molecule has 1 heterocycles. The third-order valence-electron chi connectivity index (χ3n) is 6.17. The van der Waals surface area contributed by atoms with E-state index in [9.17, 15) is 14.7 Å². The predicted molar refractivity (Wildman–Crippen MR) is 143 cm³/mol. The van der Waals surface area contributed by atoms with Crippen LogP contribution in [0.25, 0.3) is 5.76 Å². The molecule has 8 heteroatoms. The number of amides is 1. The normalized spacial score (nSPS) is 16.8. The first-order valence-electron chi connectivity index (χ1n) is 11.7. The van der Waals surface area contributed by atoms with Gasteiger partial charge in [0.2, 0.25) is 0 Å². The van der Waals surface area contributed by atoms with Crippen molar-refractivity contribution in [1.82, 2.24) is 0 Å². The molecule has 7 nitrogen and oxygen atoms in total. The van der Waals surface area contributed by atoms with E-state index >= 15 is 0 Å². The summed E-state index contributed by atoms with van der Waals surface area (Å²) >= 11 is 6.37. The van der Waals surface area contributed by atoms with Crippen molar-refractivity contribution in [3.8, 4) is 17.2 Å². The van der Waals surface area contributed by atoms with Gasteiger partial charge in [0.1, 0.15) is 11.5 Å². The summed E-state index contributed by atoms with van der Waals surface area (Å²) < 4.78 is 16.5. The molecule has 0 aliphatic carbocycles. The number of aliphatic hydroxyl groups is 1. The van der Waals surface area contributed by atoms with Gasteiger partial charge in [-0.15, -0.1) is 0 Å². The second-order valence-electron chi connectivity index (χ2n) is 8.86. The quantitative estimate of drug-likeness (QED) is 0.230. The van der Waals surface area contributed by atoms with Crippen LogP contribution in [0.5, 0.6) is 17.2 Å². The SMILES string of the molecule is COc1ccc(C2/C(=C(\O)c3ccc(OC(C)C)cc3)C(=O)C(=O)N2c2cccc(Cl)c2C)cc1OC. The van der Waals surface area contributed by atoms with Gasteiger partial charge in [0, 0.05) is 16.3 Å². The lowest BCUT2D eigenvalue weighted by atomic mass is 9.94. The van der Waals surface area contributed by atoms with E-state index in [1.807, 2.05) is 13.8 Å². The van der Waals surface area contributed by atoms with Crippen LogP contribution in [0.15, 0.2) is 66.2 Å². The number of carbonyl (C=O) groups is 2. The third-order valence-corrected chi connectivity index (χ3v) is 6.58. The maximum absolute atomic E-state index is 13.5. The Morgan fingerprint density at radius 3 is 2.27 bits per heavy atom. The fraction of sp³-hybridized carbons (Fsp3) is 0.241. The van der Waals surface area contributed by atoms with E-state index in [1.165, 1.54) is 19.1 Å². The molecule has 37 heavy (non-hydrogen) atoms. The Balaban J connectivity index is 1.93. The number of nitrogens with zero attached hydrogens (tertiary/aromatic N) is 1. The summed E-state index contributed by atoms with van der Waals surface area (Å²) in [6, 6.07) is 16.0. The van der Waals surface area contributed by atoms with Gasteiger partial charge in [-0.25, -0.2) is 0 Å². The molecular formula is C29H28ClNO6. The Bertz CT molecular complexity index is 1380. The molecule has 3 aromatic carbocycles. The van der Waals surface area contributed by atoms with E-state index < -0.39 is 17.7 Å². The first-order chi connectivity index (χ1) is 17.7. The van der Waals surface area contributed by atoms with E-state index in [0.29, 0.717) is 44.6 Å². The van der Waals surface area contributed by atoms with Crippen LogP contribution in [0.4, 0.5) is 5.69 Å². The van der Waals surface area contributed by atoms with Gasteiger partial charge in [-0.3, -0.25) is 14.5 Å². The zero-order valence-electron chi connectivity index (χ0n) is 21.2. The lowest BCUT2D eigenvalue weighted by molar-refractivity contribution is -0.132. The highest BCUT2D eigenvalue weighted by molar-refractivity contribution is 6.52. The van der Waals surface area contributed by atoms with Gasteiger partial charge in [0.05, 0.1) is 31.9 Å². The molecule has 1 unspecified atom stereocenters. The van der Waals surface area contributed by atoms with Crippen molar-refractivity contribution in [3.63, 3.8) is 0 Å². The molecule has 0 saturated carbocycles. The van der Waals surface area contributed by atoms with Gasteiger partial charge < -0.3 is 19.3 Å². The Morgan fingerprint density at radius 1 is 0.973 bits per heavy atom. The summed E-state index contributed by atoms with van der Waals surface area (Å²) in [5.74, 6) is -0.341. The summed E-state index contributed by atoms with van der Waals surface area (Å²) in [5, 5.41) is 11.8. The van der Waals surface area contributed by atoms with Crippen LogP contribution in [-0.4, -0.2) is 37.1 Å². The van der Waals surface area contributed by atoms with Gasteiger partial charge in [0.15, 0.2) is 11.5 Å². The summed E-state index contributed by atoms with van der Waals surface area (Å²) in [6.07, 6.45) is -0.0178. The summed E-state index contributed by atoms with van der Waals surface area (Å²) in [4.78, 5) is 28.3. The first kappa shape index (κ1) is 26.1. The largest absolute Gasteiger partial charge is 0.507 e. The molecule has 0 spiro atoms. The fourth-order valence-electron chi connectivity index (χ4n) is 4.40. The number of aliphatic hydroxyl groups excluding tert-OH is 1. The van der Waals surface area contributed by atoms with Crippen molar-refractivity contribution >= 4 is 34.7 Å². The van der Waals surface area contributed by atoms with Crippen LogP contribution < -0.4 is 19.1 Å². The number of Topliss-reactive ketones (excluding diaryl/α,β-unsaturated/α-hetero) is 1. The van der Waals surface area contributed by atoms with Crippen molar-refractivity contribution < 1.29 is 28.9 Å². The summed E-state index contributed by atoms with van der Waals surface area (Å²) in [5.41, 5.74) is 1.98. The zero-order valence-corrected chi connectivity index (χ0v) is 22.0. The Labute approximate surface area is 220 Å². The number of hydrogen-bond donors (Lipinski definition) is 1. The molecular weight excluding hydrogens is 494 g/mol. The van der Waals surface area contributed by atoms with Gasteiger partial charge in [-0.2, -0.15) is 0 Å². The minimum Gasteiger partial charge on any atom is -0.507 e. The lowest BCUT2D eigenvalue weighted by Gasteiger charge is -2.27. The molecule has 0 aromatic heterocycles. The van der Waals surface area contributed by atoms with Crippen molar-refractivity contribution in [2.24, 2.45) is 0 Å². The topological polar surface area (TPSA) is 85.3 Å². The molecule has 4 rings (SSSR count). The van der Waals surface area contributed by atoms with Crippen LogP contribution >= 0.6 is 11.6 Å². The van der Waals surface area contributed by atoms with E-state index in [1.54, 1.807) is 67.6 Å². The average Bonchev–Trinajstić information content (AvgIpc) is 3.15. The van der Waals surface area contributed by atoms with Crippen molar-refractivity contribution in [1.29, 1.82) is 0 Å². The molecule has 1 amide bonds. The van der Waals surface area contributed by atoms with Crippen LogP contribution in [-0.2, 0) is 9.59 Å². The zero-order chi connectivity index (χ0) is 26.9. The van der Waals surface area contributed by atoms with Crippen LogP contribution in [0.2, 0.25) is 5.02 Å². The highest BCUT2D eigenvalue weighted by Crippen LogP contribution is 2.45. The molecule has 0 bridgehead atoms. The number of ketones is 1. The molecule has 1 aliphatic rings. The monoisotopic (exact) mass is 521 g/mol. The predicted octanol–water partition coefficient (Wildman–Crippen LogP) is 6.08. The number of hydrogen-bond acceptors (Lipinski definition) is 6. The highest BCUT2D eigenvalue weighted by atomic mass is 35.5. The van der Waals surface area contributed by atoms with Crippen LogP contribution in [0, 0.1) is 6.92 Å². The van der Waals surface area contributed by atoms with Crippen LogP contribution in [0.3, 0.4) is 0 Å². The molecule has 3 aromatic rings. The number of anilines is 1.